The van der Waals surface area contributed by atoms with Gasteiger partial charge in [0.1, 0.15) is 18.4 Å². The third kappa shape index (κ3) is 5.01. The number of benzene rings is 1. The minimum absolute atomic E-state index is 0.0960. The van der Waals surface area contributed by atoms with E-state index in [1.165, 1.54) is 6.42 Å². The van der Waals surface area contributed by atoms with Gasteiger partial charge in [0, 0.05) is 36.6 Å². The van der Waals surface area contributed by atoms with Gasteiger partial charge in [-0.25, -0.2) is 0 Å². The van der Waals surface area contributed by atoms with Crippen molar-refractivity contribution in [3.8, 4) is 5.75 Å². The summed E-state index contributed by atoms with van der Waals surface area (Å²) < 4.78 is 7.60. The summed E-state index contributed by atoms with van der Waals surface area (Å²) in [7, 11) is 0. The van der Waals surface area contributed by atoms with Crippen molar-refractivity contribution in [3.05, 3.63) is 42.7 Å². The quantitative estimate of drug-likeness (QED) is 0.758. The molecule has 160 valence electrons. The number of hydrogen-bond acceptors (Lipinski definition) is 4. The van der Waals surface area contributed by atoms with Gasteiger partial charge >= 0.3 is 0 Å². The minimum Gasteiger partial charge on any atom is -0.492 e. The first kappa shape index (κ1) is 20.4. The lowest BCUT2D eigenvalue weighted by Crippen LogP contribution is -2.46. The predicted molar refractivity (Wildman–Crippen MR) is 114 cm³/mol. The second-order valence-electron chi connectivity index (χ2n) is 8.16. The largest absolute Gasteiger partial charge is 0.492 e. The molecule has 1 aliphatic carbocycles. The van der Waals surface area contributed by atoms with Gasteiger partial charge in [0.2, 0.25) is 11.8 Å². The number of carbonyl (C=O) groups is 2. The standard InChI is InChI=1S/C23H30N4O3/c28-22(21-11-5-14-27(21)23(29)18-7-2-1-3-8-18)25-19-9-4-10-20(17-19)30-16-15-26-13-6-12-24-26/h4,6,9-10,12-13,17-18,21H,1-3,5,7-8,11,14-16H2,(H,25,28). The maximum absolute atomic E-state index is 13.0. The number of amides is 2. The third-order valence-corrected chi connectivity index (χ3v) is 6.04. The van der Waals surface area contributed by atoms with E-state index < -0.39 is 0 Å². The van der Waals surface area contributed by atoms with E-state index in [9.17, 15) is 9.59 Å². The molecule has 0 radical (unpaired) electrons. The molecule has 2 aliphatic rings. The average molecular weight is 411 g/mol. The molecule has 7 nitrogen and oxygen atoms in total. The van der Waals surface area contributed by atoms with Crippen molar-refractivity contribution in [2.45, 2.75) is 57.5 Å². The molecule has 7 heteroatoms. The van der Waals surface area contributed by atoms with Crippen LogP contribution in [-0.2, 0) is 16.1 Å². The highest BCUT2D eigenvalue weighted by Crippen LogP contribution is 2.29. The van der Waals surface area contributed by atoms with Gasteiger partial charge in [-0.3, -0.25) is 14.3 Å². The van der Waals surface area contributed by atoms with E-state index in [4.69, 9.17) is 4.74 Å². The van der Waals surface area contributed by atoms with Gasteiger partial charge < -0.3 is 15.0 Å². The van der Waals surface area contributed by atoms with E-state index >= 15 is 0 Å². The average Bonchev–Trinajstić information content (AvgIpc) is 3.46. The Morgan fingerprint density at radius 2 is 1.97 bits per heavy atom. The second kappa shape index (κ2) is 9.78. The number of nitrogens with zero attached hydrogens (tertiary/aromatic N) is 3. The van der Waals surface area contributed by atoms with Crippen LogP contribution in [0.4, 0.5) is 5.69 Å². The zero-order chi connectivity index (χ0) is 20.8. The summed E-state index contributed by atoms with van der Waals surface area (Å²) >= 11 is 0. The fourth-order valence-corrected chi connectivity index (χ4v) is 4.47. The fourth-order valence-electron chi connectivity index (χ4n) is 4.47. The Hall–Kier alpha value is -2.83. The lowest BCUT2D eigenvalue weighted by molar-refractivity contribution is -0.141. The monoisotopic (exact) mass is 410 g/mol. The molecule has 30 heavy (non-hydrogen) atoms. The van der Waals surface area contributed by atoms with E-state index in [0.717, 1.165) is 38.5 Å². The lowest BCUT2D eigenvalue weighted by atomic mass is 9.88. The summed E-state index contributed by atoms with van der Waals surface area (Å²) in [5.41, 5.74) is 0.688. The minimum atomic E-state index is -0.371. The van der Waals surface area contributed by atoms with Crippen molar-refractivity contribution >= 4 is 17.5 Å². The Morgan fingerprint density at radius 3 is 2.77 bits per heavy atom. The van der Waals surface area contributed by atoms with E-state index in [1.54, 1.807) is 6.20 Å². The maximum atomic E-state index is 13.0. The van der Waals surface area contributed by atoms with Crippen LogP contribution in [0.2, 0.25) is 0 Å². The van der Waals surface area contributed by atoms with E-state index in [1.807, 2.05) is 46.1 Å². The Bertz CT molecular complexity index is 846. The molecule has 1 aromatic heterocycles. The lowest BCUT2D eigenvalue weighted by Gasteiger charge is -2.30. The first-order valence-electron chi connectivity index (χ1n) is 11.0. The molecule has 1 aromatic carbocycles. The van der Waals surface area contributed by atoms with Crippen LogP contribution < -0.4 is 10.1 Å². The van der Waals surface area contributed by atoms with Crippen LogP contribution >= 0.6 is 0 Å². The zero-order valence-electron chi connectivity index (χ0n) is 17.3. The maximum Gasteiger partial charge on any atom is 0.247 e. The molecule has 1 aliphatic heterocycles. The smallest absolute Gasteiger partial charge is 0.247 e. The topological polar surface area (TPSA) is 76.5 Å². The van der Waals surface area contributed by atoms with Crippen molar-refractivity contribution in [2.75, 3.05) is 18.5 Å². The molecule has 0 spiro atoms. The number of ether oxygens (including phenoxy) is 1. The van der Waals surface area contributed by atoms with Crippen molar-refractivity contribution in [2.24, 2.45) is 5.92 Å². The van der Waals surface area contributed by atoms with Gasteiger partial charge in [0.25, 0.3) is 0 Å². The van der Waals surface area contributed by atoms with Crippen molar-refractivity contribution in [1.29, 1.82) is 0 Å². The van der Waals surface area contributed by atoms with Crippen LogP contribution in [0.15, 0.2) is 42.7 Å². The third-order valence-electron chi connectivity index (χ3n) is 6.04. The van der Waals surface area contributed by atoms with E-state index in [0.29, 0.717) is 31.1 Å². The summed E-state index contributed by atoms with van der Waals surface area (Å²) in [5.74, 6) is 0.855. The van der Waals surface area contributed by atoms with Crippen molar-refractivity contribution < 1.29 is 14.3 Å². The molecule has 1 saturated heterocycles. The van der Waals surface area contributed by atoms with Gasteiger partial charge in [-0.1, -0.05) is 25.3 Å². The molecule has 1 atom stereocenters. The highest BCUT2D eigenvalue weighted by molar-refractivity contribution is 5.97. The first-order valence-corrected chi connectivity index (χ1v) is 11.0. The Kier molecular flexibility index (Phi) is 6.67. The predicted octanol–water partition coefficient (Wildman–Crippen LogP) is 3.47. The molecule has 2 amide bonds. The first-order chi connectivity index (χ1) is 14.7. The van der Waals surface area contributed by atoms with Crippen molar-refractivity contribution in [1.82, 2.24) is 14.7 Å². The van der Waals surface area contributed by atoms with E-state index in [2.05, 4.69) is 10.4 Å². The number of hydrogen-bond donors (Lipinski definition) is 1. The van der Waals surface area contributed by atoms with Gasteiger partial charge in [-0.2, -0.15) is 5.10 Å². The number of aromatic nitrogens is 2. The molecule has 1 N–H and O–H groups in total. The van der Waals surface area contributed by atoms with Crippen molar-refractivity contribution in [3.63, 3.8) is 0 Å². The molecule has 2 heterocycles. The van der Waals surface area contributed by atoms with Gasteiger partial charge in [-0.05, 0) is 43.9 Å². The van der Waals surface area contributed by atoms with E-state index in [-0.39, 0.29) is 23.8 Å². The van der Waals surface area contributed by atoms with Crippen LogP contribution in [0.5, 0.6) is 5.75 Å². The Morgan fingerprint density at radius 1 is 1.10 bits per heavy atom. The summed E-state index contributed by atoms with van der Waals surface area (Å²) in [6, 6.07) is 8.90. The molecule has 2 aromatic rings. The normalized spacial score (nSPS) is 19.6. The summed E-state index contributed by atoms with van der Waals surface area (Å²) in [6.45, 7) is 1.83. The number of carbonyl (C=O) groups excluding carboxylic acids is 2. The Balaban J connectivity index is 1.32. The van der Waals surface area contributed by atoms with Crippen LogP contribution in [-0.4, -0.2) is 45.7 Å². The number of likely N-dealkylation sites (tertiary alicyclic amines) is 1. The van der Waals surface area contributed by atoms with Crippen LogP contribution in [0.1, 0.15) is 44.9 Å². The number of anilines is 1. The number of rotatable bonds is 7. The van der Waals surface area contributed by atoms with Crippen LogP contribution in [0.3, 0.4) is 0 Å². The molecule has 4 rings (SSSR count). The highest BCUT2D eigenvalue weighted by Gasteiger charge is 2.37. The SMILES string of the molecule is O=C(Nc1cccc(OCCn2cccn2)c1)C1CCCN1C(=O)C1CCCCC1. The zero-order valence-corrected chi connectivity index (χ0v) is 17.3. The molecular weight excluding hydrogens is 380 g/mol. The van der Waals surface area contributed by atoms with Crippen LogP contribution in [0, 0.1) is 5.92 Å². The summed E-state index contributed by atoms with van der Waals surface area (Å²) in [4.78, 5) is 27.7. The van der Waals surface area contributed by atoms with Gasteiger partial charge in [-0.15, -0.1) is 0 Å². The summed E-state index contributed by atoms with van der Waals surface area (Å²) in [5, 5.41) is 7.14. The molecular formula is C23H30N4O3. The second-order valence-corrected chi connectivity index (χ2v) is 8.16. The van der Waals surface area contributed by atoms with Crippen LogP contribution in [0.25, 0.3) is 0 Å². The Labute approximate surface area is 177 Å². The van der Waals surface area contributed by atoms with Gasteiger partial charge in [0.15, 0.2) is 0 Å². The summed E-state index contributed by atoms with van der Waals surface area (Å²) in [6.07, 6.45) is 10.6. The molecule has 1 saturated carbocycles. The molecule has 0 bridgehead atoms. The molecule has 2 fully saturated rings. The fraction of sp³-hybridized carbons (Fsp3) is 0.522. The molecule has 1 unspecified atom stereocenters. The van der Waals surface area contributed by atoms with Gasteiger partial charge in [0.05, 0.1) is 6.54 Å². The highest BCUT2D eigenvalue weighted by atomic mass is 16.5. The number of nitrogens with one attached hydrogen (secondary N) is 1.